The zero-order chi connectivity index (χ0) is 32.7. The van der Waals surface area contributed by atoms with Crippen LogP contribution in [-0.2, 0) is 9.53 Å². The zero-order valence-corrected chi connectivity index (χ0v) is 24.8. The predicted octanol–water partition coefficient (Wildman–Crippen LogP) is 8.14. The van der Waals surface area contributed by atoms with Crippen molar-refractivity contribution >= 4 is 39.8 Å². The van der Waals surface area contributed by atoms with E-state index in [1.807, 2.05) is 91.0 Å². The molecular weight excluding hydrogens is 594 g/mol. The topological polar surface area (TPSA) is 153 Å². The average molecular weight is 622 g/mol. The number of nitro benzene ring substituents is 1. The van der Waals surface area contributed by atoms with Crippen LogP contribution in [0.3, 0.4) is 0 Å². The van der Waals surface area contributed by atoms with E-state index in [9.17, 15) is 20.0 Å². The Morgan fingerprint density at radius 3 is 1.96 bits per heavy atom. The first-order valence-corrected chi connectivity index (χ1v) is 14.8. The normalized spacial score (nSPS) is 16.2. The van der Waals surface area contributed by atoms with E-state index >= 15 is 0 Å². The first-order chi connectivity index (χ1) is 22.8. The van der Waals surface area contributed by atoms with Crippen LogP contribution in [0.25, 0.3) is 44.8 Å². The fourth-order valence-corrected chi connectivity index (χ4v) is 6.27. The van der Waals surface area contributed by atoms with Crippen LogP contribution in [0.1, 0.15) is 22.6 Å². The number of hydrogen-bond acceptors (Lipinski definition) is 7. The van der Waals surface area contributed by atoms with E-state index in [0.717, 1.165) is 16.7 Å². The fourth-order valence-electron chi connectivity index (χ4n) is 6.27. The summed E-state index contributed by atoms with van der Waals surface area (Å²) in [4.78, 5) is 23.9. The van der Waals surface area contributed by atoms with Gasteiger partial charge in [0.25, 0.3) is 5.69 Å². The summed E-state index contributed by atoms with van der Waals surface area (Å²) in [5, 5.41) is 32.6. The highest BCUT2D eigenvalue weighted by Gasteiger charge is 2.43. The summed E-state index contributed by atoms with van der Waals surface area (Å²) in [7, 11) is 0. The smallest absolute Gasteiger partial charge is 0.269 e. The number of fused-ring (bicyclic) bond motifs is 1. The van der Waals surface area contributed by atoms with Crippen molar-refractivity contribution in [1.82, 2.24) is 0 Å². The molecule has 2 heterocycles. The monoisotopic (exact) mass is 621 g/mol. The lowest BCUT2D eigenvalue weighted by molar-refractivity contribution is -0.384. The summed E-state index contributed by atoms with van der Waals surface area (Å²) in [6.45, 7) is 0. The molecule has 1 aliphatic heterocycles. The van der Waals surface area contributed by atoms with Gasteiger partial charge in [-0.25, -0.2) is 0 Å². The van der Waals surface area contributed by atoms with Gasteiger partial charge in [-0.15, -0.1) is 0 Å². The molecule has 7 rings (SSSR count). The van der Waals surface area contributed by atoms with Crippen LogP contribution in [0.5, 0.6) is 5.75 Å². The number of rotatable bonds is 7. The van der Waals surface area contributed by atoms with Crippen LogP contribution < -0.4 is 5.73 Å². The molecule has 2 unspecified atom stereocenters. The molecule has 1 amide bonds. The highest BCUT2D eigenvalue weighted by molar-refractivity contribution is 6.11. The van der Waals surface area contributed by atoms with E-state index in [2.05, 4.69) is 0 Å². The summed E-state index contributed by atoms with van der Waals surface area (Å²) in [5.74, 6) is -2.67. The second kappa shape index (κ2) is 11.8. The molecule has 9 nitrogen and oxygen atoms in total. The zero-order valence-electron chi connectivity index (χ0n) is 24.8. The lowest BCUT2D eigenvalue weighted by atomic mass is 9.74. The standard InChI is InChI=1S/C38H27N3O6/c39-37(43)34-32(24-16-18-26(19-17-24)41(44)45)33(23-12-6-2-7-13-23)36(47-38(34)40)27-20-28-30(21-29(27)42)46-35(25-14-8-3-9-15-25)31(28)22-10-4-1-5-11-22/h1-21,32,34,40,42H,(H2,39,43). The molecule has 0 saturated carbocycles. The summed E-state index contributed by atoms with van der Waals surface area (Å²) in [6.07, 6.45) is 0. The lowest BCUT2D eigenvalue weighted by Crippen LogP contribution is -2.39. The maximum atomic E-state index is 12.9. The number of allylic oxidation sites excluding steroid dienone is 1. The third kappa shape index (κ3) is 5.19. The van der Waals surface area contributed by atoms with E-state index < -0.39 is 28.6 Å². The Kier molecular flexibility index (Phi) is 7.34. The Bertz CT molecular complexity index is 2190. The van der Waals surface area contributed by atoms with Gasteiger partial charge in [0.2, 0.25) is 11.8 Å². The molecule has 5 aromatic carbocycles. The first kappa shape index (κ1) is 29.2. The number of benzene rings is 5. The Hall–Kier alpha value is -6.48. The highest BCUT2D eigenvalue weighted by Crippen LogP contribution is 2.50. The third-order valence-corrected chi connectivity index (χ3v) is 8.39. The van der Waals surface area contributed by atoms with Gasteiger partial charge in [-0.3, -0.25) is 20.3 Å². The molecule has 230 valence electrons. The van der Waals surface area contributed by atoms with E-state index in [0.29, 0.717) is 33.4 Å². The summed E-state index contributed by atoms with van der Waals surface area (Å²) in [6, 6.07) is 37.7. The molecule has 47 heavy (non-hydrogen) atoms. The molecule has 4 N–H and O–H groups in total. The van der Waals surface area contributed by atoms with E-state index in [1.54, 1.807) is 18.2 Å². The Labute approximate surface area is 268 Å². The quantitative estimate of drug-likeness (QED) is 0.121. The number of aromatic hydroxyl groups is 1. The molecule has 0 radical (unpaired) electrons. The number of carbonyl (C=O) groups is 1. The Morgan fingerprint density at radius 2 is 1.38 bits per heavy atom. The van der Waals surface area contributed by atoms with Crippen molar-refractivity contribution in [3.8, 4) is 28.2 Å². The lowest BCUT2D eigenvalue weighted by Gasteiger charge is -2.35. The van der Waals surface area contributed by atoms with Gasteiger partial charge in [-0.05, 0) is 22.8 Å². The van der Waals surface area contributed by atoms with Gasteiger partial charge in [0.15, 0.2) is 0 Å². The van der Waals surface area contributed by atoms with Gasteiger partial charge in [0.05, 0.1) is 10.5 Å². The molecule has 1 aliphatic rings. The van der Waals surface area contributed by atoms with Gasteiger partial charge in [0.1, 0.15) is 28.8 Å². The number of nitro groups is 1. The van der Waals surface area contributed by atoms with Crippen molar-refractivity contribution in [1.29, 1.82) is 5.41 Å². The van der Waals surface area contributed by atoms with Crippen molar-refractivity contribution in [3.63, 3.8) is 0 Å². The third-order valence-electron chi connectivity index (χ3n) is 8.39. The number of hydrogen-bond donors (Lipinski definition) is 3. The van der Waals surface area contributed by atoms with Crippen LogP contribution in [0, 0.1) is 21.4 Å². The number of nitrogens with one attached hydrogen (secondary N) is 1. The van der Waals surface area contributed by atoms with Gasteiger partial charge in [-0.2, -0.15) is 0 Å². The fraction of sp³-hybridized carbons (Fsp3) is 0.0526. The van der Waals surface area contributed by atoms with Crippen molar-refractivity contribution in [2.24, 2.45) is 11.7 Å². The number of carbonyl (C=O) groups excluding carboxylic acids is 1. The number of nitrogens with zero attached hydrogens (tertiary/aromatic N) is 1. The molecular formula is C38H27N3O6. The SMILES string of the molecule is N=C1OC(c2cc3c(-c4ccccc4)c(-c4ccccc4)oc3cc2O)=C(c2ccccc2)C(c2ccc([N+](=O)[O-])cc2)C1C(N)=O. The molecule has 0 aliphatic carbocycles. The molecule has 1 aromatic heterocycles. The number of phenolic OH excluding ortho intramolecular Hbond substituents is 1. The largest absolute Gasteiger partial charge is 0.507 e. The van der Waals surface area contributed by atoms with Gasteiger partial charge in [-0.1, -0.05) is 103 Å². The Balaban J connectivity index is 1.53. The number of amides is 1. The van der Waals surface area contributed by atoms with E-state index in [1.165, 1.54) is 18.2 Å². The maximum Gasteiger partial charge on any atom is 0.269 e. The van der Waals surface area contributed by atoms with Gasteiger partial charge in [0, 0.05) is 46.2 Å². The van der Waals surface area contributed by atoms with Crippen LogP contribution >= 0.6 is 0 Å². The van der Waals surface area contributed by atoms with E-state index in [-0.39, 0.29) is 22.8 Å². The summed E-state index contributed by atoms with van der Waals surface area (Å²) < 4.78 is 12.5. The minimum absolute atomic E-state index is 0.123. The highest BCUT2D eigenvalue weighted by atomic mass is 16.6. The summed E-state index contributed by atoms with van der Waals surface area (Å²) in [5.41, 5.74) is 10.7. The second-order valence-corrected chi connectivity index (χ2v) is 11.2. The van der Waals surface area contributed by atoms with Crippen LogP contribution in [0.2, 0.25) is 0 Å². The second-order valence-electron chi connectivity index (χ2n) is 11.2. The van der Waals surface area contributed by atoms with Gasteiger partial charge < -0.3 is 20.0 Å². The molecule has 9 heteroatoms. The van der Waals surface area contributed by atoms with Crippen molar-refractivity contribution in [2.45, 2.75) is 5.92 Å². The molecule has 0 spiro atoms. The van der Waals surface area contributed by atoms with E-state index in [4.69, 9.17) is 20.3 Å². The molecule has 0 saturated heterocycles. The number of nitrogens with two attached hydrogens (primary N) is 1. The number of non-ortho nitro benzene ring substituents is 1. The van der Waals surface area contributed by atoms with Crippen molar-refractivity contribution in [3.05, 3.63) is 154 Å². The number of ether oxygens (including phenoxy) is 1. The summed E-state index contributed by atoms with van der Waals surface area (Å²) >= 11 is 0. The van der Waals surface area contributed by atoms with Crippen LogP contribution in [-0.4, -0.2) is 21.8 Å². The predicted molar refractivity (Wildman–Crippen MR) is 179 cm³/mol. The number of primary amides is 1. The minimum Gasteiger partial charge on any atom is -0.507 e. The molecule has 0 fully saturated rings. The molecule has 0 bridgehead atoms. The number of furan rings is 1. The average Bonchev–Trinajstić information content (AvgIpc) is 3.46. The molecule has 2 atom stereocenters. The minimum atomic E-state index is -1.22. The first-order valence-electron chi connectivity index (χ1n) is 14.8. The molecule has 6 aromatic rings. The van der Waals surface area contributed by atoms with Crippen LogP contribution in [0.4, 0.5) is 5.69 Å². The maximum absolute atomic E-state index is 12.9. The van der Waals surface area contributed by atoms with Crippen molar-refractivity contribution < 1.29 is 24.0 Å². The Morgan fingerprint density at radius 1 is 0.809 bits per heavy atom. The number of phenols is 1. The van der Waals surface area contributed by atoms with Crippen LogP contribution in [0.15, 0.2) is 132 Å². The van der Waals surface area contributed by atoms with Crippen molar-refractivity contribution in [2.75, 3.05) is 0 Å². The van der Waals surface area contributed by atoms with Gasteiger partial charge >= 0.3 is 0 Å².